The zero-order valence-electron chi connectivity index (χ0n) is 12.4. The normalized spacial score (nSPS) is 27.5. The molecule has 1 fully saturated rings. The van der Waals surface area contributed by atoms with Crippen molar-refractivity contribution in [2.75, 3.05) is 5.75 Å². The lowest BCUT2D eigenvalue weighted by atomic mass is 9.85. The molecule has 0 saturated heterocycles. The van der Waals surface area contributed by atoms with Gasteiger partial charge in [-0.3, -0.25) is 4.79 Å². The fourth-order valence-electron chi connectivity index (χ4n) is 3.27. The zero-order chi connectivity index (χ0) is 14.8. The summed E-state index contributed by atoms with van der Waals surface area (Å²) in [6.45, 7) is 0. The summed E-state index contributed by atoms with van der Waals surface area (Å²) in [6, 6.07) is 6.22. The Labute approximate surface area is 147 Å². The van der Waals surface area contributed by atoms with Crippen LogP contribution in [0.1, 0.15) is 43.7 Å². The number of nitrogens with two attached hydrogens (primary N) is 1. The predicted octanol–water partition coefficient (Wildman–Crippen LogP) is 3.93. The minimum atomic E-state index is 0. The molecule has 1 aromatic rings. The smallest absolute Gasteiger partial charge is 0.223 e. The number of halogens is 2. The SMILES string of the molecule is Cl.NC1CCCC(C(=O)NC2CCSc3ccc(Cl)cc32)C1. The number of nitrogens with one attached hydrogen (secondary N) is 1. The topological polar surface area (TPSA) is 55.1 Å². The molecule has 1 amide bonds. The third-order valence-electron chi connectivity index (χ3n) is 4.41. The average Bonchev–Trinajstić information content (AvgIpc) is 2.48. The van der Waals surface area contributed by atoms with Crippen LogP contribution in [0.2, 0.25) is 5.02 Å². The van der Waals surface area contributed by atoms with Crippen LogP contribution in [-0.4, -0.2) is 17.7 Å². The van der Waals surface area contributed by atoms with Gasteiger partial charge < -0.3 is 11.1 Å². The molecule has 0 spiro atoms. The van der Waals surface area contributed by atoms with Crippen molar-refractivity contribution < 1.29 is 4.79 Å². The van der Waals surface area contributed by atoms with Crippen LogP contribution in [-0.2, 0) is 4.79 Å². The molecule has 1 aromatic carbocycles. The second kappa shape index (κ2) is 7.91. The number of thioether (sulfide) groups is 1. The number of amides is 1. The van der Waals surface area contributed by atoms with Crippen LogP contribution in [0.5, 0.6) is 0 Å². The fourth-order valence-corrected chi connectivity index (χ4v) is 4.56. The average molecular weight is 361 g/mol. The van der Waals surface area contributed by atoms with Gasteiger partial charge >= 0.3 is 0 Å². The summed E-state index contributed by atoms with van der Waals surface area (Å²) in [7, 11) is 0. The largest absolute Gasteiger partial charge is 0.349 e. The van der Waals surface area contributed by atoms with Crippen LogP contribution < -0.4 is 11.1 Å². The van der Waals surface area contributed by atoms with Gasteiger partial charge in [-0.1, -0.05) is 18.0 Å². The van der Waals surface area contributed by atoms with Gasteiger partial charge in [0, 0.05) is 27.6 Å². The van der Waals surface area contributed by atoms with Crippen molar-refractivity contribution in [1.29, 1.82) is 0 Å². The molecular formula is C16H22Cl2N2OS. The van der Waals surface area contributed by atoms with E-state index in [0.29, 0.717) is 0 Å². The summed E-state index contributed by atoms with van der Waals surface area (Å²) in [5, 5.41) is 3.96. The van der Waals surface area contributed by atoms with Crippen molar-refractivity contribution in [3.8, 4) is 0 Å². The lowest BCUT2D eigenvalue weighted by molar-refractivity contribution is -0.126. The van der Waals surface area contributed by atoms with Crippen LogP contribution >= 0.6 is 35.8 Å². The quantitative estimate of drug-likeness (QED) is 0.839. The lowest BCUT2D eigenvalue weighted by Gasteiger charge is -2.30. The highest BCUT2D eigenvalue weighted by atomic mass is 35.5. The van der Waals surface area contributed by atoms with Gasteiger partial charge in [0.05, 0.1) is 6.04 Å². The summed E-state index contributed by atoms with van der Waals surface area (Å²) in [5.41, 5.74) is 7.15. The fraction of sp³-hybridized carbons (Fsp3) is 0.562. The Hall–Kier alpha value is -0.420. The molecule has 0 radical (unpaired) electrons. The molecule has 3 nitrogen and oxygen atoms in total. The van der Waals surface area contributed by atoms with Crippen molar-refractivity contribution in [1.82, 2.24) is 5.32 Å². The van der Waals surface area contributed by atoms with Crippen molar-refractivity contribution in [2.24, 2.45) is 11.7 Å². The van der Waals surface area contributed by atoms with Crippen molar-refractivity contribution in [3.05, 3.63) is 28.8 Å². The molecule has 3 unspecified atom stereocenters. The summed E-state index contributed by atoms with van der Waals surface area (Å²) >= 11 is 7.94. The van der Waals surface area contributed by atoms with E-state index in [9.17, 15) is 4.79 Å². The predicted molar refractivity (Wildman–Crippen MR) is 94.9 cm³/mol. The van der Waals surface area contributed by atoms with Gasteiger partial charge in [-0.25, -0.2) is 0 Å². The Balaban J connectivity index is 0.00000176. The van der Waals surface area contributed by atoms with E-state index in [1.165, 1.54) is 4.90 Å². The minimum absolute atomic E-state index is 0. The maximum absolute atomic E-state index is 12.5. The monoisotopic (exact) mass is 360 g/mol. The molecule has 3 atom stereocenters. The molecule has 0 aromatic heterocycles. The van der Waals surface area contributed by atoms with Gasteiger partial charge in [0.2, 0.25) is 5.91 Å². The van der Waals surface area contributed by atoms with Gasteiger partial charge in [-0.05, 0) is 49.4 Å². The molecule has 1 aliphatic heterocycles. The van der Waals surface area contributed by atoms with E-state index in [1.807, 2.05) is 23.9 Å². The maximum Gasteiger partial charge on any atom is 0.223 e. The van der Waals surface area contributed by atoms with Crippen LogP contribution in [0.4, 0.5) is 0 Å². The van der Waals surface area contributed by atoms with Gasteiger partial charge in [-0.15, -0.1) is 24.2 Å². The van der Waals surface area contributed by atoms with E-state index in [1.54, 1.807) is 0 Å². The second-order valence-corrected chi connectivity index (χ2v) is 7.58. The molecule has 1 heterocycles. The molecule has 122 valence electrons. The van der Waals surface area contributed by atoms with Gasteiger partial charge in [0.15, 0.2) is 0 Å². The standard InChI is InChI=1S/C16H21ClN2OS.ClH/c17-11-4-5-15-13(9-11)14(6-7-21-15)19-16(20)10-2-1-3-12(18)8-10;/h4-5,9-10,12,14H,1-3,6-8,18H2,(H,19,20);1H. The van der Waals surface area contributed by atoms with Crippen molar-refractivity contribution in [3.63, 3.8) is 0 Å². The number of benzene rings is 1. The highest BCUT2D eigenvalue weighted by Gasteiger charge is 2.29. The first-order chi connectivity index (χ1) is 10.1. The first-order valence-corrected chi connectivity index (χ1v) is 8.98. The van der Waals surface area contributed by atoms with Gasteiger partial charge in [-0.2, -0.15) is 0 Å². The van der Waals surface area contributed by atoms with Crippen LogP contribution in [0, 0.1) is 5.92 Å². The molecule has 1 saturated carbocycles. The molecule has 3 N–H and O–H groups in total. The number of carbonyl (C=O) groups excluding carboxylic acids is 1. The first kappa shape index (κ1) is 17.9. The van der Waals surface area contributed by atoms with E-state index in [-0.39, 0.29) is 36.3 Å². The molecule has 2 aliphatic rings. The van der Waals surface area contributed by atoms with Crippen LogP contribution in [0.25, 0.3) is 0 Å². The summed E-state index contributed by atoms with van der Waals surface area (Å²) < 4.78 is 0. The Bertz CT molecular complexity index is 541. The third-order valence-corrected chi connectivity index (χ3v) is 5.77. The number of hydrogen-bond donors (Lipinski definition) is 2. The second-order valence-electron chi connectivity index (χ2n) is 6.00. The third kappa shape index (κ3) is 4.10. The van der Waals surface area contributed by atoms with E-state index in [0.717, 1.165) is 48.4 Å². The Morgan fingerprint density at radius 1 is 1.32 bits per heavy atom. The molecule has 22 heavy (non-hydrogen) atoms. The van der Waals surface area contributed by atoms with Crippen molar-refractivity contribution in [2.45, 2.75) is 49.1 Å². The van der Waals surface area contributed by atoms with Crippen LogP contribution in [0.3, 0.4) is 0 Å². The number of fused-ring (bicyclic) bond motifs is 1. The molecule has 6 heteroatoms. The van der Waals surface area contributed by atoms with Gasteiger partial charge in [0.1, 0.15) is 0 Å². The van der Waals surface area contributed by atoms with Crippen molar-refractivity contribution >= 4 is 41.7 Å². The zero-order valence-corrected chi connectivity index (χ0v) is 14.8. The highest BCUT2D eigenvalue weighted by Crippen LogP contribution is 2.38. The summed E-state index contributed by atoms with van der Waals surface area (Å²) in [6.07, 6.45) is 4.84. The highest BCUT2D eigenvalue weighted by molar-refractivity contribution is 7.99. The van der Waals surface area contributed by atoms with E-state index < -0.39 is 0 Å². The summed E-state index contributed by atoms with van der Waals surface area (Å²) in [5.74, 6) is 1.27. The van der Waals surface area contributed by atoms with Gasteiger partial charge in [0.25, 0.3) is 0 Å². The molecule has 0 bridgehead atoms. The lowest BCUT2D eigenvalue weighted by Crippen LogP contribution is -2.40. The van der Waals surface area contributed by atoms with E-state index in [4.69, 9.17) is 17.3 Å². The van der Waals surface area contributed by atoms with Crippen LogP contribution in [0.15, 0.2) is 23.1 Å². The maximum atomic E-state index is 12.5. The minimum Gasteiger partial charge on any atom is -0.349 e. The van der Waals surface area contributed by atoms with E-state index in [2.05, 4.69) is 11.4 Å². The number of hydrogen-bond acceptors (Lipinski definition) is 3. The Kier molecular flexibility index (Phi) is 6.45. The Morgan fingerprint density at radius 3 is 2.91 bits per heavy atom. The van der Waals surface area contributed by atoms with E-state index >= 15 is 0 Å². The first-order valence-electron chi connectivity index (χ1n) is 7.61. The summed E-state index contributed by atoms with van der Waals surface area (Å²) in [4.78, 5) is 13.7. The Morgan fingerprint density at radius 2 is 2.14 bits per heavy atom. The molecule has 3 rings (SSSR count). The number of rotatable bonds is 2. The molecular weight excluding hydrogens is 339 g/mol. The number of carbonyl (C=O) groups is 1. The molecule has 1 aliphatic carbocycles.